The molecular formula is C17H24N2O. The van der Waals surface area contributed by atoms with Gasteiger partial charge in [-0.1, -0.05) is 38.1 Å². The smallest absolute Gasteiger partial charge is 0.244 e. The molecule has 0 bridgehead atoms. The van der Waals surface area contributed by atoms with Gasteiger partial charge >= 0.3 is 0 Å². The molecule has 1 aromatic rings. The lowest BCUT2D eigenvalue weighted by Gasteiger charge is -2.38. The second-order valence-electron chi connectivity index (χ2n) is 6.53. The second kappa shape index (κ2) is 5.57. The van der Waals surface area contributed by atoms with Gasteiger partial charge in [-0.3, -0.25) is 4.79 Å². The van der Waals surface area contributed by atoms with Crippen molar-refractivity contribution in [3.05, 3.63) is 35.4 Å². The molecular weight excluding hydrogens is 248 g/mol. The van der Waals surface area contributed by atoms with Crippen LogP contribution in [0.3, 0.4) is 0 Å². The summed E-state index contributed by atoms with van der Waals surface area (Å²) in [6.07, 6.45) is 2.26. The van der Waals surface area contributed by atoms with Crippen LogP contribution in [0.25, 0.3) is 0 Å². The van der Waals surface area contributed by atoms with Crippen LogP contribution in [0.15, 0.2) is 24.3 Å². The Morgan fingerprint density at radius 3 is 2.65 bits per heavy atom. The Hall–Kier alpha value is -1.35. The zero-order chi connectivity index (χ0) is 14.1. The molecule has 1 amide bonds. The van der Waals surface area contributed by atoms with Crippen LogP contribution < -0.4 is 5.32 Å². The third-order valence-electron chi connectivity index (χ3n) is 4.54. The Morgan fingerprint density at radius 2 is 1.90 bits per heavy atom. The van der Waals surface area contributed by atoms with Gasteiger partial charge in [0.05, 0.1) is 0 Å². The number of amides is 1. The van der Waals surface area contributed by atoms with Gasteiger partial charge in [-0.15, -0.1) is 0 Å². The number of nitrogens with zero attached hydrogens (tertiary/aromatic N) is 1. The van der Waals surface area contributed by atoms with Gasteiger partial charge in [0.1, 0.15) is 6.04 Å². The summed E-state index contributed by atoms with van der Waals surface area (Å²) < 4.78 is 0. The number of likely N-dealkylation sites (tertiary alicyclic amines) is 1. The number of benzene rings is 1. The van der Waals surface area contributed by atoms with Crippen molar-refractivity contribution in [2.75, 3.05) is 19.6 Å². The first-order valence-electron chi connectivity index (χ1n) is 7.75. The van der Waals surface area contributed by atoms with Gasteiger partial charge in [0, 0.05) is 19.6 Å². The zero-order valence-corrected chi connectivity index (χ0v) is 12.4. The fourth-order valence-corrected chi connectivity index (χ4v) is 3.75. The molecule has 3 nitrogen and oxygen atoms in total. The molecule has 2 aliphatic heterocycles. The molecule has 3 atom stereocenters. The minimum absolute atomic E-state index is 0.141. The molecule has 1 aromatic carbocycles. The molecule has 2 aliphatic rings. The van der Waals surface area contributed by atoms with Crippen molar-refractivity contribution < 1.29 is 4.79 Å². The standard InChI is InChI=1S/C17H24N2O/c1-12-9-13(2)11-19(10-12)17(20)16-15-6-4-3-5-14(15)7-8-18-16/h3-6,12-13,16,18H,7-11H2,1-2H3. The fourth-order valence-electron chi connectivity index (χ4n) is 3.75. The summed E-state index contributed by atoms with van der Waals surface area (Å²) in [5.41, 5.74) is 2.50. The molecule has 3 heteroatoms. The van der Waals surface area contributed by atoms with Crippen molar-refractivity contribution >= 4 is 5.91 Å². The number of rotatable bonds is 1. The molecule has 0 aliphatic carbocycles. The monoisotopic (exact) mass is 272 g/mol. The van der Waals surface area contributed by atoms with E-state index >= 15 is 0 Å². The average molecular weight is 272 g/mol. The predicted octanol–water partition coefficient (Wildman–Crippen LogP) is 2.38. The van der Waals surface area contributed by atoms with E-state index in [-0.39, 0.29) is 11.9 Å². The zero-order valence-electron chi connectivity index (χ0n) is 12.4. The summed E-state index contributed by atoms with van der Waals surface area (Å²) in [6.45, 7) is 7.20. The summed E-state index contributed by atoms with van der Waals surface area (Å²) in [6, 6.07) is 8.21. The fraction of sp³-hybridized carbons (Fsp3) is 0.588. The maximum absolute atomic E-state index is 12.9. The molecule has 0 radical (unpaired) electrons. The largest absolute Gasteiger partial charge is 0.341 e. The van der Waals surface area contributed by atoms with Gasteiger partial charge in [-0.2, -0.15) is 0 Å². The van der Waals surface area contributed by atoms with Crippen LogP contribution in [0.5, 0.6) is 0 Å². The van der Waals surface area contributed by atoms with E-state index in [0.29, 0.717) is 11.8 Å². The van der Waals surface area contributed by atoms with Crippen LogP contribution in [-0.2, 0) is 11.2 Å². The molecule has 0 spiro atoms. The van der Waals surface area contributed by atoms with Gasteiger partial charge in [0.25, 0.3) is 0 Å². The molecule has 2 heterocycles. The lowest BCUT2D eigenvalue weighted by Crippen LogP contribution is -2.48. The van der Waals surface area contributed by atoms with Crippen LogP contribution in [0.2, 0.25) is 0 Å². The van der Waals surface area contributed by atoms with Crippen LogP contribution in [0, 0.1) is 11.8 Å². The SMILES string of the molecule is CC1CC(C)CN(C(=O)C2NCCc3ccccc32)C1. The Bertz CT molecular complexity index is 490. The molecule has 0 aromatic heterocycles. The number of carbonyl (C=O) groups is 1. The highest BCUT2D eigenvalue weighted by molar-refractivity contribution is 5.84. The van der Waals surface area contributed by atoms with Gasteiger partial charge in [-0.05, 0) is 35.8 Å². The molecule has 0 saturated carbocycles. The van der Waals surface area contributed by atoms with Crippen LogP contribution in [0.4, 0.5) is 0 Å². The number of hydrogen-bond donors (Lipinski definition) is 1. The van der Waals surface area contributed by atoms with Crippen molar-refractivity contribution in [3.8, 4) is 0 Å². The van der Waals surface area contributed by atoms with E-state index in [1.807, 2.05) is 6.07 Å². The Kier molecular flexibility index (Phi) is 3.79. The third-order valence-corrected chi connectivity index (χ3v) is 4.54. The summed E-state index contributed by atoms with van der Waals surface area (Å²) in [4.78, 5) is 14.9. The minimum Gasteiger partial charge on any atom is -0.341 e. The summed E-state index contributed by atoms with van der Waals surface area (Å²) >= 11 is 0. The Labute approximate surface area is 121 Å². The normalized spacial score (nSPS) is 29.9. The quantitative estimate of drug-likeness (QED) is 0.851. The maximum atomic E-state index is 12.9. The lowest BCUT2D eigenvalue weighted by molar-refractivity contribution is -0.136. The molecule has 108 valence electrons. The topological polar surface area (TPSA) is 32.3 Å². The van der Waals surface area contributed by atoms with Crippen LogP contribution >= 0.6 is 0 Å². The molecule has 1 N–H and O–H groups in total. The third kappa shape index (κ3) is 2.59. The van der Waals surface area contributed by atoms with Crippen molar-refractivity contribution in [1.29, 1.82) is 0 Å². The molecule has 1 fully saturated rings. The predicted molar refractivity (Wildman–Crippen MR) is 80.4 cm³/mol. The van der Waals surface area contributed by atoms with E-state index in [2.05, 4.69) is 42.3 Å². The molecule has 3 unspecified atom stereocenters. The molecule has 1 saturated heterocycles. The van der Waals surface area contributed by atoms with E-state index < -0.39 is 0 Å². The summed E-state index contributed by atoms with van der Waals surface area (Å²) in [7, 11) is 0. The summed E-state index contributed by atoms with van der Waals surface area (Å²) in [5, 5.41) is 3.41. The molecule has 3 rings (SSSR count). The van der Waals surface area contributed by atoms with E-state index in [1.54, 1.807) is 0 Å². The number of piperidine rings is 1. The van der Waals surface area contributed by atoms with Crippen molar-refractivity contribution in [2.45, 2.75) is 32.7 Å². The van der Waals surface area contributed by atoms with Gasteiger partial charge in [-0.25, -0.2) is 0 Å². The van der Waals surface area contributed by atoms with Crippen molar-refractivity contribution in [3.63, 3.8) is 0 Å². The second-order valence-corrected chi connectivity index (χ2v) is 6.53. The van der Waals surface area contributed by atoms with Crippen molar-refractivity contribution in [2.24, 2.45) is 11.8 Å². The lowest BCUT2D eigenvalue weighted by atomic mass is 9.89. The van der Waals surface area contributed by atoms with E-state index in [0.717, 1.165) is 26.1 Å². The number of carbonyl (C=O) groups excluding carboxylic acids is 1. The van der Waals surface area contributed by atoms with Crippen LogP contribution in [-0.4, -0.2) is 30.4 Å². The van der Waals surface area contributed by atoms with Crippen molar-refractivity contribution in [1.82, 2.24) is 10.2 Å². The minimum atomic E-state index is -0.141. The van der Waals surface area contributed by atoms with Gasteiger partial charge in [0.15, 0.2) is 0 Å². The molecule has 20 heavy (non-hydrogen) atoms. The highest BCUT2D eigenvalue weighted by atomic mass is 16.2. The Morgan fingerprint density at radius 1 is 1.20 bits per heavy atom. The van der Waals surface area contributed by atoms with Crippen LogP contribution in [0.1, 0.15) is 37.4 Å². The first-order chi connectivity index (χ1) is 9.65. The average Bonchev–Trinajstić information content (AvgIpc) is 2.45. The highest BCUT2D eigenvalue weighted by Gasteiger charge is 2.32. The number of nitrogens with one attached hydrogen (secondary N) is 1. The number of hydrogen-bond acceptors (Lipinski definition) is 2. The highest BCUT2D eigenvalue weighted by Crippen LogP contribution is 2.28. The first-order valence-corrected chi connectivity index (χ1v) is 7.75. The van der Waals surface area contributed by atoms with E-state index in [9.17, 15) is 4.79 Å². The van der Waals surface area contributed by atoms with E-state index in [4.69, 9.17) is 0 Å². The maximum Gasteiger partial charge on any atom is 0.244 e. The number of fused-ring (bicyclic) bond motifs is 1. The van der Waals surface area contributed by atoms with E-state index in [1.165, 1.54) is 17.5 Å². The summed E-state index contributed by atoms with van der Waals surface area (Å²) in [5.74, 6) is 1.48. The Balaban J connectivity index is 1.81. The first kappa shape index (κ1) is 13.6. The van der Waals surface area contributed by atoms with Gasteiger partial charge < -0.3 is 10.2 Å². The van der Waals surface area contributed by atoms with Gasteiger partial charge in [0.2, 0.25) is 5.91 Å².